The summed E-state index contributed by atoms with van der Waals surface area (Å²) >= 11 is 6.88. The second kappa shape index (κ2) is 5.95. The van der Waals surface area contributed by atoms with Gasteiger partial charge >= 0.3 is 0 Å². The summed E-state index contributed by atoms with van der Waals surface area (Å²) < 4.78 is 7.13. The molecule has 0 saturated carbocycles. The standard InChI is InChI=1S/C12H13Br2N3O/c1-2-3-10(15)11-16-12(18-17-11)8-6-7(13)4-5-9(8)14/h4-6,10H,2-3,15H2,1H3. The van der Waals surface area contributed by atoms with E-state index in [0.717, 1.165) is 27.4 Å². The lowest BCUT2D eigenvalue weighted by Crippen LogP contribution is -2.11. The van der Waals surface area contributed by atoms with Crippen LogP contribution in [0.5, 0.6) is 0 Å². The molecule has 0 spiro atoms. The fraction of sp³-hybridized carbons (Fsp3) is 0.333. The highest BCUT2D eigenvalue weighted by atomic mass is 79.9. The van der Waals surface area contributed by atoms with Crippen LogP contribution in [0.15, 0.2) is 31.7 Å². The molecule has 0 bridgehead atoms. The molecule has 0 aliphatic rings. The second-order valence-corrected chi connectivity index (χ2v) is 5.75. The summed E-state index contributed by atoms with van der Waals surface area (Å²) in [7, 11) is 0. The van der Waals surface area contributed by atoms with E-state index >= 15 is 0 Å². The number of halogens is 2. The van der Waals surface area contributed by atoms with Crippen LogP contribution in [0.2, 0.25) is 0 Å². The molecule has 6 heteroatoms. The van der Waals surface area contributed by atoms with E-state index in [1.54, 1.807) is 0 Å². The van der Waals surface area contributed by atoms with Crippen molar-refractivity contribution >= 4 is 31.9 Å². The topological polar surface area (TPSA) is 64.9 Å². The zero-order valence-electron chi connectivity index (χ0n) is 9.86. The molecule has 1 aromatic carbocycles. The first-order chi connectivity index (χ1) is 8.61. The normalized spacial score (nSPS) is 12.7. The molecule has 0 radical (unpaired) electrons. The number of hydrogen-bond acceptors (Lipinski definition) is 4. The Morgan fingerprint density at radius 2 is 2.17 bits per heavy atom. The Bertz CT molecular complexity index is 542. The summed E-state index contributed by atoms with van der Waals surface area (Å²) in [5, 5.41) is 3.93. The van der Waals surface area contributed by atoms with Gasteiger partial charge in [0.25, 0.3) is 5.89 Å². The Kier molecular flexibility index (Phi) is 4.53. The van der Waals surface area contributed by atoms with Crippen molar-refractivity contribution < 1.29 is 4.52 Å². The zero-order chi connectivity index (χ0) is 13.1. The van der Waals surface area contributed by atoms with Crippen molar-refractivity contribution in [2.45, 2.75) is 25.8 Å². The lowest BCUT2D eigenvalue weighted by Gasteiger charge is -2.02. The summed E-state index contributed by atoms with van der Waals surface area (Å²) in [6.07, 6.45) is 1.84. The highest BCUT2D eigenvalue weighted by Crippen LogP contribution is 2.30. The lowest BCUT2D eigenvalue weighted by molar-refractivity contribution is 0.413. The molecule has 2 N–H and O–H groups in total. The Morgan fingerprint density at radius 3 is 2.89 bits per heavy atom. The van der Waals surface area contributed by atoms with Crippen LogP contribution in [0.4, 0.5) is 0 Å². The van der Waals surface area contributed by atoms with E-state index in [1.165, 1.54) is 0 Å². The third kappa shape index (κ3) is 2.99. The van der Waals surface area contributed by atoms with Gasteiger partial charge < -0.3 is 10.3 Å². The number of hydrogen-bond donors (Lipinski definition) is 1. The molecule has 0 aliphatic heterocycles. The molecule has 0 aliphatic carbocycles. The summed E-state index contributed by atoms with van der Waals surface area (Å²) in [5.74, 6) is 1.03. The van der Waals surface area contributed by atoms with Gasteiger partial charge in [0.1, 0.15) is 0 Å². The van der Waals surface area contributed by atoms with Crippen LogP contribution >= 0.6 is 31.9 Å². The maximum atomic E-state index is 5.96. The molecule has 18 heavy (non-hydrogen) atoms. The zero-order valence-corrected chi connectivity index (χ0v) is 13.0. The number of nitrogens with zero attached hydrogens (tertiary/aromatic N) is 2. The summed E-state index contributed by atoms with van der Waals surface area (Å²) in [4.78, 5) is 4.35. The molecular weight excluding hydrogens is 362 g/mol. The Hall–Kier alpha value is -0.720. The van der Waals surface area contributed by atoms with Gasteiger partial charge in [0.15, 0.2) is 5.82 Å². The van der Waals surface area contributed by atoms with Crippen molar-refractivity contribution in [3.05, 3.63) is 33.0 Å². The van der Waals surface area contributed by atoms with E-state index in [9.17, 15) is 0 Å². The van der Waals surface area contributed by atoms with Crippen molar-refractivity contribution in [3.63, 3.8) is 0 Å². The fourth-order valence-corrected chi connectivity index (χ4v) is 2.37. The molecule has 2 rings (SSSR count). The summed E-state index contributed by atoms with van der Waals surface area (Å²) in [6, 6.07) is 5.62. The third-order valence-corrected chi connectivity index (χ3v) is 3.72. The first-order valence-corrected chi connectivity index (χ1v) is 7.25. The monoisotopic (exact) mass is 373 g/mol. The molecule has 4 nitrogen and oxygen atoms in total. The lowest BCUT2D eigenvalue weighted by atomic mass is 10.2. The van der Waals surface area contributed by atoms with Gasteiger partial charge in [0.05, 0.1) is 11.6 Å². The smallest absolute Gasteiger partial charge is 0.259 e. The van der Waals surface area contributed by atoms with Gasteiger partial charge in [-0.3, -0.25) is 0 Å². The Balaban J connectivity index is 2.32. The van der Waals surface area contributed by atoms with E-state index in [-0.39, 0.29) is 6.04 Å². The minimum Gasteiger partial charge on any atom is -0.334 e. The molecule has 1 heterocycles. The molecule has 0 amide bonds. The molecule has 0 fully saturated rings. The number of nitrogens with two attached hydrogens (primary N) is 1. The number of aromatic nitrogens is 2. The van der Waals surface area contributed by atoms with E-state index < -0.39 is 0 Å². The predicted molar refractivity (Wildman–Crippen MR) is 77.0 cm³/mol. The largest absolute Gasteiger partial charge is 0.334 e. The van der Waals surface area contributed by atoms with E-state index in [2.05, 4.69) is 48.9 Å². The van der Waals surface area contributed by atoms with E-state index in [0.29, 0.717) is 11.7 Å². The first kappa shape index (κ1) is 13.7. The van der Waals surface area contributed by atoms with E-state index in [4.69, 9.17) is 10.3 Å². The maximum Gasteiger partial charge on any atom is 0.259 e. The molecule has 0 saturated heterocycles. The van der Waals surface area contributed by atoms with Gasteiger partial charge in [-0.1, -0.05) is 34.4 Å². The highest BCUT2D eigenvalue weighted by molar-refractivity contribution is 9.11. The average molecular weight is 375 g/mol. The van der Waals surface area contributed by atoms with Gasteiger partial charge in [-0.15, -0.1) is 0 Å². The Morgan fingerprint density at radius 1 is 1.39 bits per heavy atom. The van der Waals surface area contributed by atoms with Crippen molar-refractivity contribution in [1.29, 1.82) is 0 Å². The Labute approximate surface area is 122 Å². The summed E-state index contributed by atoms with van der Waals surface area (Å²) in [5.41, 5.74) is 6.81. The van der Waals surface area contributed by atoms with E-state index in [1.807, 2.05) is 18.2 Å². The highest BCUT2D eigenvalue weighted by Gasteiger charge is 2.16. The van der Waals surface area contributed by atoms with Gasteiger partial charge in [0.2, 0.25) is 0 Å². The van der Waals surface area contributed by atoms with Gasteiger partial charge in [-0.25, -0.2) is 0 Å². The van der Waals surface area contributed by atoms with Crippen molar-refractivity contribution in [1.82, 2.24) is 10.1 Å². The van der Waals surface area contributed by atoms with Gasteiger partial charge in [-0.2, -0.15) is 4.98 Å². The van der Waals surface area contributed by atoms with Crippen LogP contribution in [-0.2, 0) is 0 Å². The SMILES string of the molecule is CCCC(N)c1noc(-c2cc(Br)ccc2Br)n1. The molecule has 1 atom stereocenters. The summed E-state index contributed by atoms with van der Waals surface area (Å²) in [6.45, 7) is 2.08. The first-order valence-electron chi connectivity index (χ1n) is 5.66. The van der Waals surface area contributed by atoms with Crippen LogP contribution in [-0.4, -0.2) is 10.1 Å². The van der Waals surface area contributed by atoms with Crippen LogP contribution < -0.4 is 5.73 Å². The molecule has 1 aromatic heterocycles. The predicted octanol–water partition coefficient (Wildman–Crippen LogP) is 4.06. The van der Waals surface area contributed by atoms with Crippen LogP contribution in [0.1, 0.15) is 31.6 Å². The minimum absolute atomic E-state index is 0.168. The van der Waals surface area contributed by atoms with Crippen LogP contribution in [0, 0.1) is 0 Å². The number of rotatable bonds is 4. The van der Waals surface area contributed by atoms with Crippen LogP contribution in [0.25, 0.3) is 11.5 Å². The molecule has 96 valence electrons. The average Bonchev–Trinajstić information content (AvgIpc) is 2.82. The second-order valence-electron chi connectivity index (χ2n) is 3.98. The maximum absolute atomic E-state index is 5.96. The van der Waals surface area contributed by atoms with Crippen LogP contribution in [0.3, 0.4) is 0 Å². The molecule has 1 unspecified atom stereocenters. The van der Waals surface area contributed by atoms with Crippen molar-refractivity contribution in [3.8, 4) is 11.5 Å². The van der Waals surface area contributed by atoms with Crippen molar-refractivity contribution in [2.75, 3.05) is 0 Å². The molecular formula is C12H13Br2N3O. The molecule has 2 aromatic rings. The minimum atomic E-state index is -0.168. The number of benzene rings is 1. The van der Waals surface area contributed by atoms with Gasteiger partial charge in [-0.05, 0) is 40.5 Å². The van der Waals surface area contributed by atoms with Gasteiger partial charge in [0, 0.05) is 8.95 Å². The quantitative estimate of drug-likeness (QED) is 0.876. The fourth-order valence-electron chi connectivity index (χ4n) is 1.60. The van der Waals surface area contributed by atoms with Crippen molar-refractivity contribution in [2.24, 2.45) is 5.73 Å². The third-order valence-electron chi connectivity index (χ3n) is 2.53.